The number of fused-ring (bicyclic) bond motifs is 1. The molecule has 0 bridgehead atoms. The Morgan fingerprint density at radius 2 is 2.00 bits per heavy atom. The molecule has 2 atom stereocenters. The number of anilines is 1. The first-order valence-electron chi connectivity index (χ1n) is 12.1. The van der Waals surface area contributed by atoms with E-state index in [-0.39, 0.29) is 5.41 Å². The number of hydrogen-bond donors (Lipinski definition) is 2. The van der Waals surface area contributed by atoms with Gasteiger partial charge in [-0.1, -0.05) is 57.0 Å². The molecule has 2 aliphatic rings. The summed E-state index contributed by atoms with van der Waals surface area (Å²) in [5, 5.41) is 15.9. The van der Waals surface area contributed by atoms with Crippen molar-refractivity contribution in [1.29, 1.82) is 5.26 Å². The highest BCUT2D eigenvalue weighted by atomic mass is 32.1. The average Bonchev–Trinajstić information content (AvgIpc) is 3.27. The zero-order valence-electron chi connectivity index (χ0n) is 20.9. The van der Waals surface area contributed by atoms with Crippen LogP contribution in [0.2, 0.25) is 0 Å². The second-order valence-electron chi connectivity index (χ2n) is 10.5. The highest BCUT2D eigenvalue weighted by Crippen LogP contribution is 2.45. The number of carbonyl (C=O) groups is 3. The van der Waals surface area contributed by atoms with Gasteiger partial charge < -0.3 is 10.6 Å². The zero-order valence-corrected chi connectivity index (χ0v) is 21.8. The molecule has 4 rings (SSSR count). The predicted octanol–water partition coefficient (Wildman–Crippen LogP) is 4.88. The van der Waals surface area contributed by atoms with Crippen LogP contribution in [0.5, 0.6) is 0 Å². The van der Waals surface area contributed by atoms with Crippen LogP contribution in [0.3, 0.4) is 0 Å². The minimum absolute atomic E-state index is 0.214. The third kappa shape index (κ3) is 4.45. The van der Waals surface area contributed by atoms with Crippen molar-refractivity contribution in [3.63, 3.8) is 0 Å². The molecule has 1 saturated heterocycles. The van der Waals surface area contributed by atoms with Gasteiger partial charge in [0.15, 0.2) is 0 Å². The minimum atomic E-state index is -1.23. The number of benzene rings is 1. The van der Waals surface area contributed by atoms with Crippen LogP contribution in [0.25, 0.3) is 0 Å². The van der Waals surface area contributed by atoms with Gasteiger partial charge in [-0.05, 0) is 55.6 Å². The summed E-state index contributed by atoms with van der Waals surface area (Å²) in [4.78, 5) is 40.8. The summed E-state index contributed by atoms with van der Waals surface area (Å²) in [6, 6.07) is 9.02. The molecule has 1 aliphatic heterocycles. The molecule has 1 fully saturated rings. The van der Waals surface area contributed by atoms with Crippen LogP contribution in [0.15, 0.2) is 24.3 Å². The first-order chi connectivity index (χ1) is 16.5. The molecular formula is C27H32N4O3S. The first-order valence-corrected chi connectivity index (χ1v) is 12.9. The van der Waals surface area contributed by atoms with Gasteiger partial charge in [-0.3, -0.25) is 14.5 Å². The van der Waals surface area contributed by atoms with Crippen LogP contribution >= 0.6 is 11.3 Å². The topological polar surface area (TPSA) is 102 Å². The normalized spacial score (nSPS) is 21.9. The maximum Gasteiger partial charge on any atom is 0.325 e. The average molecular weight is 493 g/mol. The van der Waals surface area contributed by atoms with Crippen molar-refractivity contribution in [3.8, 4) is 6.07 Å². The fraction of sp³-hybridized carbons (Fsp3) is 0.481. The van der Waals surface area contributed by atoms with E-state index in [2.05, 4.69) is 37.5 Å². The predicted molar refractivity (Wildman–Crippen MR) is 136 cm³/mol. The fourth-order valence-electron chi connectivity index (χ4n) is 4.98. The van der Waals surface area contributed by atoms with Crippen molar-refractivity contribution in [2.45, 2.75) is 65.8 Å². The van der Waals surface area contributed by atoms with E-state index in [1.807, 2.05) is 19.1 Å². The van der Waals surface area contributed by atoms with Gasteiger partial charge in [-0.2, -0.15) is 5.26 Å². The Balaban J connectivity index is 1.49. The van der Waals surface area contributed by atoms with E-state index in [4.69, 9.17) is 0 Å². The molecule has 35 heavy (non-hydrogen) atoms. The number of imide groups is 1. The molecule has 184 valence electrons. The van der Waals surface area contributed by atoms with E-state index in [1.165, 1.54) is 11.3 Å². The van der Waals surface area contributed by atoms with Crippen molar-refractivity contribution in [2.24, 2.45) is 11.3 Å². The number of nitriles is 1. The molecule has 1 aliphatic carbocycles. The molecule has 1 aromatic carbocycles. The Bertz CT molecular complexity index is 1220. The van der Waals surface area contributed by atoms with E-state index < -0.39 is 29.9 Å². The fourth-order valence-corrected chi connectivity index (χ4v) is 6.27. The molecular weight excluding hydrogens is 460 g/mol. The summed E-state index contributed by atoms with van der Waals surface area (Å²) >= 11 is 1.44. The number of urea groups is 1. The van der Waals surface area contributed by atoms with Gasteiger partial charge in [0, 0.05) is 4.88 Å². The number of aryl methyl sites for hydroxylation is 1. The molecule has 2 N–H and O–H groups in total. The van der Waals surface area contributed by atoms with E-state index in [1.54, 1.807) is 19.1 Å². The van der Waals surface area contributed by atoms with Crippen molar-refractivity contribution in [3.05, 3.63) is 51.4 Å². The lowest BCUT2D eigenvalue weighted by Crippen LogP contribution is -2.42. The number of rotatable bonds is 6. The standard InChI is InChI=1S/C27H32N4O3S/c1-6-26(3,4)18-11-12-19-20(14-28)23(35-21(19)13-18)29-22(32)15-31-24(33)27(5,30-25(31)34)17-9-7-16(2)8-10-17/h7-10,18H,6,11-13,15H2,1-5H3,(H,29,32)(H,30,34). The Hall–Kier alpha value is -3.18. The summed E-state index contributed by atoms with van der Waals surface area (Å²) in [6.45, 7) is 9.95. The number of carbonyl (C=O) groups excluding carboxylic acids is 3. The summed E-state index contributed by atoms with van der Waals surface area (Å²) < 4.78 is 0. The highest BCUT2D eigenvalue weighted by Gasteiger charge is 2.49. The maximum atomic E-state index is 13.2. The first kappa shape index (κ1) is 24.9. The zero-order chi connectivity index (χ0) is 25.5. The second kappa shape index (κ2) is 9.12. The van der Waals surface area contributed by atoms with Gasteiger partial charge in [0.25, 0.3) is 5.91 Å². The molecule has 2 heterocycles. The molecule has 0 spiro atoms. The number of nitrogens with one attached hydrogen (secondary N) is 2. The van der Waals surface area contributed by atoms with Crippen LogP contribution in [0.1, 0.15) is 67.7 Å². The lowest BCUT2D eigenvalue weighted by atomic mass is 9.69. The Morgan fingerprint density at radius 1 is 1.31 bits per heavy atom. The third-order valence-electron chi connectivity index (χ3n) is 7.85. The smallest absolute Gasteiger partial charge is 0.319 e. The molecule has 2 unspecified atom stereocenters. The summed E-state index contributed by atoms with van der Waals surface area (Å²) in [5.74, 6) is -0.446. The van der Waals surface area contributed by atoms with Gasteiger partial charge in [-0.25, -0.2) is 4.79 Å². The van der Waals surface area contributed by atoms with Gasteiger partial charge in [0.1, 0.15) is 23.2 Å². The number of hydrogen-bond acceptors (Lipinski definition) is 5. The molecule has 8 heteroatoms. The quantitative estimate of drug-likeness (QED) is 0.561. The van der Waals surface area contributed by atoms with Crippen LogP contribution in [0, 0.1) is 29.6 Å². The highest BCUT2D eigenvalue weighted by molar-refractivity contribution is 7.16. The minimum Gasteiger partial charge on any atom is -0.319 e. The molecule has 1 aromatic heterocycles. The van der Waals surface area contributed by atoms with Crippen LogP contribution in [-0.4, -0.2) is 29.3 Å². The molecule has 2 aromatic rings. The Labute approximate surface area is 210 Å². The summed E-state index contributed by atoms with van der Waals surface area (Å²) in [6.07, 6.45) is 3.82. The van der Waals surface area contributed by atoms with Crippen LogP contribution in [0.4, 0.5) is 9.80 Å². The van der Waals surface area contributed by atoms with E-state index in [0.29, 0.717) is 22.0 Å². The molecule has 4 amide bonds. The number of amides is 4. The van der Waals surface area contributed by atoms with E-state index in [9.17, 15) is 19.6 Å². The van der Waals surface area contributed by atoms with Crippen molar-refractivity contribution in [1.82, 2.24) is 10.2 Å². The van der Waals surface area contributed by atoms with Gasteiger partial charge in [0.05, 0.1) is 5.56 Å². The van der Waals surface area contributed by atoms with E-state index in [0.717, 1.165) is 46.6 Å². The van der Waals surface area contributed by atoms with Gasteiger partial charge >= 0.3 is 6.03 Å². The number of thiophene rings is 1. The Morgan fingerprint density at radius 3 is 2.63 bits per heavy atom. The molecule has 0 radical (unpaired) electrons. The molecule has 0 saturated carbocycles. The lowest BCUT2D eigenvalue weighted by Gasteiger charge is -2.36. The van der Waals surface area contributed by atoms with Crippen LogP contribution < -0.4 is 10.6 Å². The van der Waals surface area contributed by atoms with Crippen molar-refractivity contribution < 1.29 is 14.4 Å². The van der Waals surface area contributed by atoms with Crippen LogP contribution in [-0.2, 0) is 28.0 Å². The van der Waals surface area contributed by atoms with Crippen molar-refractivity contribution in [2.75, 3.05) is 11.9 Å². The largest absolute Gasteiger partial charge is 0.325 e. The third-order valence-corrected chi connectivity index (χ3v) is 9.02. The maximum absolute atomic E-state index is 13.2. The monoisotopic (exact) mass is 492 g/mol. The molecule has 7 nitrogen and oxygen atoms in total. The van der Waals surface area contributed by atoms with Gasteiger partial charge in [-0.15, -0.1) is 11.3 Å². The second-order valence-corrected chi connectivity index (χ2v) is 11.6. The van der Waals surface area contributed by atoms with Gasteiger partial charge in [0.2, 0.25) is 5.91 Å². The van der Waals surface area contributed by atoms with Crippen molar-refractivity contribution >= 4 is 34.2 Å². The van der Waals surface area contributed by atoms with E-state index >= 15 is 0 Å². The SMILES string of the molecule is CCC(C)(C)C1CCc2c(sc(NC(=O)CN3C(=O)NC(C)(c4ccc(C)cc4)C3=O)c2C#N)C1. The summed E-state index contributed by atoms with van der Waals surface area (Å²) in [5.41, 5.74) is 2.22. The lowest BCUT2D eigenvalue weighted by molar-refractivity contribution is -0.133. The number of nitrogens with zero attached hydrogens (tertiary/aromatic N) is 2. The summed E-state index contributed by atoms with van der Waals surface area (Å²) in [7, 11) is 0. The Kier molecular flexibility index (Phi) is 6.50.